The van der Waals surface area contributed by atoms with Crippen molar-refractivity contribution in [1.82, 2.24) is 10.2 Å². The zero-order valence-electron chi connectivity index (χ0n) is 19.7. The Bertz CT molecular complexity index is 1160. The lowest BCUT2D eigenvalue weighted by molar-refractivity contribution is 0.0936. The van der Waals surface area contributed by atoms with Gasteiger partial charge in [0.05, 0.1) is 25.0 Å². The molecule has 0 bridgehead atoms. The van der Waals surface area contributed by atoms with E-state index in [0.29, 0.717) is 54.9 Å². The largest absolute Gasteiger partial charge is 0.495 e. The molecular weight excluding hydrogens is 430 g/mol. The summed E-state index contributed by atoms with van der Waals surface area (Å²) < 4.78 is 11.1. The number of amides is 3. The first-order chi connectivity index (χ1) is 16.6. The number of rotatable bonds is 7. The quantitative estimate of drug-likeness (QED) is 0.523. The number of carbonyl (C=O) groups is 2. The average molecular weight is 462 g/mol. The number of hydrogen-bond donors (Lipinski definition) is 2. The number of fused-ring (bicyclic) bond motifs is 1. The van der Waals surface area contributed by atoms with Gasteiger partial charge in [0.2, 0.25) is 0 Å². The van der Waals surface area contributed by atoms with Crippen molar-refractivity contribution in [2.45, 2.75) is 19.8 Å². The molecule has 3 amide bonds. The highest BCUT2D eigenvalue weighted by Gasteiger charge is 2.25. The van der Waals surface area contributed by atoms with Gasteiger partial charge < -0.3 is 25.0 Å². The predicted octanol–water partition coefficient (Wildman–Crippen LogP) is 4.92. The number of carbonyl (C=O) groups excluding carboxylic acids is 2. The second-order valence-corrected chi connectivity index (χ2v) is 8.36. The first-order valence-electron chi connectivity index (χ1n) is 11.7. The standard InChI is InChI=1S/C27H31N3O4/c1-3-34-24-13-12-20-8-4-5-9-21(20)25(24)26(31)28-18-19-14-16-30(17-15-19)27(32)29-22-10-6-7-11-23(22)33-2/h4-13,19H,3,14-18H2,1-2H3,(H,28,31)(H,29,32). The SMILES string of the molecule is CCOc1ccc2ccccc2c1C(=O)NCC1CCN(C(=O)Nc2ccccc2OC)CC1. The lowest BCUT2D eigenvalue weighted by atomic mass is 9.96. The zero-order chi connectivity index (χ0) is 23.9. The minimum atomic E-state index is -0.135. The molecule has 2 N–H and O–H groups in total. The average Bonchev–Trinajstić information content (AvgIpc) is 2.88. The van der Waals surface area contributed by atoms with Gasteiger partial charge in [-0.1, -0.05) is 42.5 Å². The molecule has 1 aliphatic heterocycles. The third-order valence-electron chi connectivity index (χ3n) is 6.22. The highest BCUT2D eigenvalue weighted by Crippen LogP contribution is 2.29. The summed E-state index contributed by atoms with van der Waals surface area (Å²) in [7, 11) is 1.58. The van der Waals surface area contributed by atoms with Gasteiger partial charge in [-0.2, -0.15) is 0 Å². The Morgan fingerprint density at radius 1 is 0.971 bits per heavy atom. The molecule has 0 aliphatic carbocycles. The maximum absolute atomic E-state index is 13.2. The lowest BCUT2D eigenvalue weighted by Crippen LogP contribution is -2.43. The fourth-order valence-electron chi connectivity index (χ4n) is 4.37. The van der Waals surface area contributed by atoms with Crippen LogP contribution in [0.4, 0.5) is 10.5 Å². The van der Waals surface area contributed by atoms with Gasteiger partial charge in [-0.05, 0) is 54.7 Å². The van der Waals surface area contributed by atoms with Crippen LogP contribution < -0.4 is 20.1 Å². The highest BCUT2D eigenvalue weighted by molar-refractivity contribution is 6.09. The number of anilines is 1. The van der Waals surface area contributed by atoms with Gasteiger partial charge >= 0.3 is 6.03 Å². The molecule has 0 radical (unpaired) electrons. The van der Waals surface area contributed by atoms with Crippen LogP contribution in [0.25, 0.3) is 10.8 Å². The van der Waals surface area contributed by atoms with Gasteiger partial charge in [0.25, 0.3) is 5.91 Å². The Labute approximate surface area is 200 Å². The molecule has 3 aromatic carbocycles. The fraction of sp³-hybridized carbons (Fsp3) is 0.333. The van der Waals surface area contributed by atoms with Gasteiger partial charge in [-0.15, -0.1) is 0 Å². The summed E-state index contributed by atoms with van der Waals surface area (Å²) in [5, 5.41) is 7.92. The van der Waals surface area contributed by atoms with Crippen LogP contribution in [-0.2, 0) is 0 Å². The number of likely N-dealkylation sites (tertiary alicyclic amines) is 1. The lowest BCUT2D eigenvalue weighted by Gasteiger charge is -2.32. The molecule has 1 aliphatic rings. The van der Waals surface area contributed by atoms with E-state index in [1.807, 2.05) is 72.5 Å². The van der Waals surface area contributed by atoms with Crippen LogP contribution in [0.2, 0.25) is 0 Å². The first-order valence-corrected chi connectivity index (χ1v) is 11.7. The van der Waals surface area contributed by atoms with Gasteiger partial charge in [-0.25, -0.2) is 4.79 Å². The molecule has 0 saturated carbocycles. The van der Waals surface area contributed by atoms with Crippen LogP contribution in [-0.4, -0.2) is 50.2 Å². The minimum absolute atomic E-state index is 0.128. The number of benzene rings is 3. The molecule has 0 aromatic heterocycles. The monoisotopic (exact) mass is 461 g/mol. The maximum atomic E-state index is 13.2. The molecule has 7 heteroatoms. The number of methoxy groups -OCH3 is 1. The van der Waals surface area contributed by atoms with Gasteiger partial charge in [-0.3, -0.25) is 4.79 Å². The normalized spacial score (nSPS) is 14.0. The van der Waals surface area contributed by atoms with Crippen LogP contribution in [0.5, 0.6) is 11.5 Å². The van der Waals surface area contributed by atoms with Gasteiger partial charge in [0.15, 0.2) is 0 Å². The zero-order valence-corrected chi connectivity index (χ0v) is 19.7. The molecule has 0 atom stereocenters. The summed E-state index contributed by atoms with van der Waals surface area (Å²) in [6.45, 7) is 4.25. The van der Waals surface area contributed by atoms with E-state index in [9.17, 15) is 9.59 Å². The van der Waals surface area contributed by atoms with Crippen LogP contribution in [0.1, 0.15) is 30.1 Å². The third kappa shape index (κ3) is 5.25. The fourth-order valence-corrected chi connectivity index (χ4v) is 4.37. The number of nitrogens with one attached hydrogen (secondary N) is 2. The van der Waals surface area contributed by atoms with Crippen molar-refractivity contribution < 1.29 is 19.1 Å². The third-order valence-corrected chi connectivity index (χ3v) is 6.22. The van der Waals surface area contributed by atoms with E-state index in [2.05, 4.69) is 10.6 Å². The molecule has 1 saturated heterocycles. The van der Waals surface area contributed by atoms with Crippen LogP contribution in [0, 0.1) is 5.92 Å². The number of ether oxygens (including phenoxy) is 2. The van der Waals surface area contributed by atoms with E-state index in [-0.39, 0.29) is 11.9 Å². The number of para-hydroxylation sites is 2. The van der Waals surface area contributed by atoms with E-state index < -0.39 is 0 Å². The van der Waals surface area contributed by atoms with Crippen molar-refractivity contribution in [1.29, 1.82) is 0 Å². The number of urea groups is 1. The Morgan fingerprint density at radius 2 is 1.71 bits per heavy atom. The van der Waals surface area contributed by atoms with Gasteiger partial charge in [0.1, 0.15) is 11.5 Å². The molecule has 178 valence electrons. The Balaban J connectivity index is 1.33. The van der Waals surface area contributed by atoms with Crippen molar-refractivity contribution in [3.8, 4) is 11.5 Å². The van der Waals surface area contributed by atoms with Crippen molar-refractivity contribution in [3.63, 3.8) is 0 Å². The topological polar surface area (TPSA) is 79.9 Å². The van der Waals surface area contributed by atoms with Crippen LogP contribution in [0.15, 0.2) is 60.7 Å². The van der Waals surface area contributed by atoms with E-state index in [1.54, 1.807) is 7.11 Å². The van der Waals surface area contributed by atoms with Crippen molar-refractivity contribution in [3.05, 3.63) is 66.2 Å². The summed E-state index contributed by atoms with van der Waals surface area (Å²) in [6.07, 6.45) is 1.65. The molecule has 0 unspecified atom stereocenters. The summed E-state index contributed by atoms with van der Waals surface area (Å²) in [4.78, 5) is 27.7. The Hall–Kier alpha value is -3.74. The number of piperidine rings is 1. The second-order valence-electron chi connectivity index (χ2n) is 8.36. The van der Waals surface area contributed by atoms with E-state index in [0.717, 1.165) is 23.6 Å². The maximum Gasteiger partial charge on any atom is 0.321 e. The van der Waals surface area contributed by atoms with Crippen molar-refractivity contribution in [2.75, 3.05) is 38.7 Å². The minimum Gasteiger partial charge on any atom is -0.495 e. The Kier molecular flexibility index (Phi) is 7.52. The van der Waals surface area contributed by atoms with E-state index in [4.69, 9.17) is 9.47 Å². The van der Waals surface area contributed by atoms with E-state index >= 15 is 0 Å². The molecular formula is C27H31N3O4. The number of hydrogen-bond acceptors (Lipinski definition) is 4. The molecule has 4 rings (SSSR count). The molecule has 1 fully saturated rings. The highest BCUT2D eigenvalue weighted by atomic mass is 16.5. The smallest absolute Gasteiger partial charge is 0.321 e. The second kappa shape index (κ2) is 10.9. The molecule has 34 heavy (non-hydrogen) atoms. The van der Waals surface area contributed by atoms with E-state index in [1.165, 1.54) is 0 Å². The van der Waals surface area contributed by atoms with Crippen LogP contribution in [0.3, 0.4) is 0 Å². The van der Waals surface area contributed by atoms with Crippen LogP contribution >= 0.6 is 0 Å². The molecule has 1 heterocycles. The summed E-state index contributed by atoms with van der Waals surface area (Å²) in [5.41, 5.74) is 1.23. The molecule has 7 nitrogen and oxygen atoms in total. The van der Waals surface area contributed by atoms with Gasteiger partial charge in [0, 0.05) is 19.6 Å². The number of nitrogens with zero attached hydrogens (tertiary/aromatic N) is 1. The molecule has 0 spiro atoms. The summed E-state index contributed by atoms with van der Waals surface area (Å²) in [5.74, 6) is 1.41. The Morgan fingerprint density at radius 3 is 2.47 bits per heavy atom. The summed E-state index contributed by atoms with van der Waals surface area (Å²) >= 11 is 0. The molecule has 3 aromatic rings. The summed E-state index contributed by atoms with van der Waals surface area (Å²) in [6, 6.07) is 18.9. The predicted molar refractivity (Wildman–Crippen MR) is 134 cm³/mol. The van der Waals surface area contributed by atoms with Crippen molar-refractivity contribution >= 4 is 28.4 Å². The van der Waals surface area contributed by atoms with Crippen molar-refractivity contribution in [2.24, 2.45) is 5.92 Å². The first kappa shape index (κ1) is 23.4.